The maximum atomic E-state index is 13.6. The van der Waals surface area contributed by atoms with Gasteiger partial charge in [0.15, 0.2) is 10.5 Å². The van der Waals surface area contributed by atoms with E-state index in [1.807, 2.05) is 90.8 Å². The van der Waals surface area contributed by atoms with Gasteiger partial charge < -0.3 is 0 Å². The van der Waals surface area contributed by atoms with Gasteiger partial charge in [-0.05, 0) is 48.9 Å². The van der Waals surface area contributed by atoms with Crippen molar-refractivity contribution in [1.29, 1.82) is 0 Å². The van der Waals surface area contributed by atoms with Crippen molar-refractivity contribution in [2.45, 2.75) is 19.4 Å². The second-order valence-corrected chi connectivity index (χ2v) is 10.6. The number of hydrazone groups is 2. The molecular weight excluding hydrogens is 518 g/mol. The number of benzene rings is 3. The van der Waals surface area contributed by atoms with E-state index in [0.29, 0.717) is 27.9 Å². The van der Waals surface area contributed by atoms with E-state index in [4.69, 9.17) is 31.7 Å². The molecule has 2 unspecified atom stereocenters. The van der Waals surface area contributed by atoms with Crippen LogP contribution in [0.2, 0.25) is 5.02 Å². The minimum atomic E-state index is -0.539. The van der Waals surface area contributed by atoms with E-state index in [9.17, 15) is 4.79 Å². The fraction of sp³-hybridized carbons (Fsp3) is 0.143. The van der Waals surface area contributed by atoms with Gasteiger partial charge in [0.1, 0.15) is 5.92 Å². The van der Waals surface area contributed by atoms with Gasteiger partial charge in [-0.25, -0.2) is 15.0 Å². The van der Waals surface area contributed by atoms with Crippen molar-refractivity contribution in [2.24, 2.45) is 16.1 Å². The van der Waals surface area contributed by atoms with Crippen LogP contribution in [0.5, 0.6) is 0 Å². The predicted molar refractivity (Wildman–Crippen MR) is 152 cm³/mol. The van der Waals surface area contributed by atoms with Crippen molar-refractivity contribution in [3.8, 4) is 0 Å². The quantitative estimate of drug-likeness (QED) is 0.271. The standard InChI is InChI=1S/C28H20ClN7OS/c1-16-24(27(37)35(33-16)19-7-3-2-4-8-19)22-15-23(17-11-13-18(29)14-12-17)36(34-22)28-32-25-26(38-28)31-21-10-6-5-9-20(21)30-25/h2-14,23-24H,15H2,1H3. The minimum Gasteiger partial charge on any atom is -0.271 e. The number of nitrogens with zero attached hydrogens (tertiary/aromatic N) is 7. The second-order valence-electron chi connectivity index (χ2n) is 9.20. The van der Waals surface area contributed by atoms with Crippen molar-refractivity contribution in [3.63, 3.8) is 0 Å². The van der Waals surface area contributed by atoms with Crippen LogP contribution >= 0.6 is 22.9 Å². The van der Waals surface area contributed by atoms with Crippen molar-refractivity contribution in [2.75, 3.05) is 10.0 Å². The summed E-state index contributed by atoms with van der Waals surface area (Å²) in [6.45, 7) is 1.88. The molecule has 0 radical (unpaired) electrons. The van der Waals surface area contributed by atoms with Crippen LogP contribution < -0.4 is 10.0 Å². The molecule has 0 aliphatic carbocycles. The van der Waals surface area contributed by atoms with Crippen LogP contribution in [-0.2, 0) is 4.79 Å². The molecule has 0 N–H and O–H groups in total. The maximum absolute atomic E-state index is 13.6. The first-order valence-corrected chi connectivity index (χ1v) is 13.3. The Morgan fingerprint density at radius 2 is 1.58 bits per heavy atom. The largest absolute Gasteiger partial charge is 0.271 e. The fourth-order valence-electron chi connectivity index (χ4n) is 4.95. The number of hydrogen-bond acceptors (Lipinski definition) is 8. The second kappa shape index (κ2) is 8.97. The van der Waals surface area contributed by atoms with Gasteiger partial charge in [-0.15, -0.1) is 0 Å². The number of carbonyl (C=O) groups is 1. The van der Waals surface area contributed by atoms with E-state index in [-0.39, 0.29) is 11.9 Å². The molecule has 186 valence electrons. The molecule has 3 aromatic carbocycles. The highest BCUT2D eigenvalue weighted by Gasteiger charge is 2.43. The lowest BCUT2D eigenvalue weighted by Crippen LogP contribution is -2.32. The monoisotopic (exact) mass is 537 g/mol. The number of para-hydroxylation sites is 3. The fourth-order valence-corrected chi connectivity index (χ4v) is 5.97. The van der Waals surface area contributed by atoms with Gasteiger partial charge in [0.2, 0.25) is 5.13 Å². The Hall–Kier alpha value is -4.21. The van der Waals surface area contributed by atoms with Crippen molar-refractivity contribution < 1.29 is 4.79 Å². The molecule has 7 rings (SSSR count). The predicted octanol–water partition coefficient (Wildman–Crippen LogP) is 6.24. The molecule has 0 spiro atoms. The van der Waals surface area contributed by atoms with Crippen molar-refractivity contribution in [1.82, 2.24) is 15.0 Å². The van der Waals surface area contributed by atoms with Crippen molar-refractivity contribution in [3.05, 3.63) is 89.4 Å². The molecule has 2 aliphatic rings. The molecule has 5 aromatic rings. The van der Waals surface area contributed by atoms with Crippen LogP contribution in [0.4, 0.5) is 10.8 Å². The first kappa shape index (κ1) is 22.9. The van der Waals surface area contributed by atoms with Gasteiger partial charge in [0.05, 0.1) is 34.2 Å². The summed E-state index contributed by atoms with van der Waals surface area (Å²) >= 11 is 7.62. The lowest BCUT2D eigenvalue weighted by molar-refractivity contribution is -0.118. The minimum absolute atomic E-state index is 0.108. The molecule has 2 aromatic heterocycles. The summed E-state index contributed by atoms with van der Waals surface area (Å²) in [4.78, 5) is 28.6. The maximum Gasteiger partial charge on any atom is 0.262 e. The van der Waals surface area contributed by atoms with Gasteiger partial charge in [-0.2, -0.15) is 20.2 Å². The number of thiazole rings is 1. The van der Waals surface area contributed by atoms with Crippen LogP contribution in [-0.4, -0.2) is 32.3 Å². The number of anilines is 2. The number of carbonyl (C=O) groups excluding carboxylic acids is 1. The third-order valence-corrected chi connectivity index (χ3v) is 7.94. The van der Waals surface area contributed by atoms with E-state index in [1.54, 1.807) is 0 Å². The van der Waals surface area contributed by atoms with E-state index in [0.717, 1.165) is 32.8 Å². The Morgan fingerprint density at radius 3 is 2.34 bits per heavy atom. The molecule has 1 amide bonds. The third kappa shape index (κ3) is 3.82. The van der Waals surface area contributed by atoms with Crippen LogP contribution in [0.1, 0.15) is 24.9 Å². The summed E-state index contributed by atoms with van der Waals surface area (Å²) in [5.74, 6) is -0.647. The molecule has 2 atom stereocenters. The van der Waals surface area contributed by atoms with Crippen molar-refractivity contribution >= 4 is 72.6 Å². The van der Waals surface area contributed by atoms with E-state index >= 15 is 0 Å². The van der Waals surface area contributed by atoms with Gasteiger partial charge in [-0.3, -0.25) is 4.79 Å². The number of halogens is 1. The summed E-state index contributed by atoms with van der Waals surface area (Å²) in [5.41, 5.74) is 5.42. The van der Waals surface area contributed by atoms with E-state index in [2.05, 4.69) is 5.10 Å². The summed E-state index contributed by atoms with van der Waals surface area (Å²) in [5, 5.41) is 14.3. The Kier molecular flexibility index (Phi) is 5.41. The molecule has 10 heteroatoms. The highest BCUT2D eigenvalue weighted by atomic mass is 35.5. The first-order chi connectivity index (χ1) is 18.5. The summed E-state index contributed by atoms with van der Waals surface area (Å²) in [6, 6.07) is 24.8. The zero-order chi connectivity index (χ0) is 25.8. The molecule has 4 heterocycles. The summed E-state index contributed by atoms with van der Waals surface area (Å²) in [6.07, 6.45) is 0.548. The number of amides is 1. The molecule has 0 saturated heterocycles. The zero-order valence-corrected chi connectivity index (χ0v) is 21.8. The normalized spacial score (nSPS) is 19.5. The van der Waals surface area contributed by atoms with Gasteiger partial charge >= 0.3 is 0 Å². The molecule has 0 saturated carbocycles. The third-order valence-electron chi connectivity index (χ3n) is 6.76. The van der Waals surface area contributed by atoms with Crippen LogP contribution in [0, 0.1) is 5.92 Å². The van der Waals surface area contributed by atoms with Crippen LogP contribution in [0.25, 0.3) is 21.5 Å². The zero-order valence-electron chi connectivity index (χ0n) is 20.2. The molecule has 2 aliphatic heterocycles. The topological polar surface area (TPSA) is 86.9 Å². The van der Waals surface area contributed by atoms with Gasteiger partial charge in [0, 0.05) is 11.4 Å². The number of rotatable bonds is 4. The van der Waals surface area contributed by atoms with Gasteiger partial charge in [0.25, 0.3) is 5.91 Å². The van der Waals surface area contributed by atoms with E-state index in [1.165, 1.54) is 16.3 Å². The Labute approximate surface area is 226 Å². The van der Waals surface area contributed by atoms with Crippen LogP contribution in [0.3, 0.4) is 0 Å². The molecule has 0 fully saturated rings. The van der Waals surface area contributed by atoms with E-state index < -0.39 is 5.92 Å². The lowest BCUT2D eigenvalue weighted by atomic mass is 9.92. The molecular formula is C28H20ClN7OS. The van der Waals surface area contributed by atoms with Crippen LogP contribution in [0.15, 0.2) is 89.1 Å². The SMILES string of the molecule is CC1=NN(c2ccccc2)C(=O)C1C1=NN(c2nc3nc4ccccc4nc3s2)C(c2ccc(Cl)cc2)C1. The number of hydrogen-bond donors (Lipinski definition) is 0. The molecule has 0 bridgehead atoms. The average molecular weight is 538 g/mol. The summed E-state index contributed by atoms with van der Waals surface area (Å²) in [7, 11) is 0. The Bertz CT molecular complexity index is 1710. The Morgan fingerprint density at radius 1 is 0.868 bits per heavy atom. The number of aromatic nitrogens is 3. The Balaban J connectivity index is 1.30. The average Bonchev–Trinajstić information content (AvgIpc) is 3.63. The highest BCUT2D eigenvalue weighted by molar-refractivity contribution is 7.21. The first-order valence-electron chi connectivity index (χ1n) is 12.1. The molecule has 8 nitrogen and oxygen atoms in total. The lowest BCUT2D eigenvalue weighted by Gasteiger charge is -2.21. The smallest absolute Gasteiger partial charge is 0.262 e. The number of fused-ring (bicyclic) bond motifs is 2. The molecule has 38 heavy (non-hydrogen) atoms. The highest BCUT2D eigenvalue weighted by Crippen LogP contribution is 2.41. The van der Waals surface area contributed by atoms with Gasteiger partial charge in [-0.1, -0.05) is 65.4 Å². The summed E-state index contributed by atoms with van der Waals surface area (Å²) < 4.78 is 0.